The zero-order chi connectivity index (χ0) is 14.7. The first-order valence-corrected chi connectivity index (χ1v) is 6.03. The number of hydrogen-bond donors (Lipinski definition) is 0. The van der Waals surface area contributed by atoms with Crippen LogP contribution in [0.1, 0.15) is 22.4 Å². The molecule has 0 aliphatic heterocycles. The van der Waals surface area contributed by atoms with Crippen molar-refractivity contribution in [3.8, 4) is 12.1 Å². The van der Waals surface area contributed by atoms with Crippen molar-refractivity contribution in [2.75, 3.05) is 7.11 Å². The van der Waals surface area contributed by atoms with Crippen molar-refractivity contribution >= 4 is 0 Å². The van der Waals surface area contributed by atoms with Crippen LogP contribution in [0.5, 0.6) is 6.01 Å². The Morgan fingerprint density at radius 1 is 1.45 bits per heavy atom. The molecule has 6 nitrogen and oxygen atoms in total. The molecule has 2 heterocycles. The molecule has 0 saturated carbocycles. The maximum absolute atomic E-state index is 12.1. The summed E-state index contributed by atoms with van der Waals surface area (Å²) in [6.07, 6.45) is 3.34. The van der Waals surface area contributed by atoms with E-state index in [1.165, 1.54) is 11.7 Å². The summed E-state index contributed by atoms with van der Waals surface area (Å²) in [7, 11) is 1.50. The van der Waals surface area contributed by atoms with Crippen LogP contribution in [0.3, 0.4) is 0 Å². The lowest BCUT2D eigenvalue weighted by Gasteiger charge is -2.10. The molecule has 6 heteroatoms. The molecule has 102 valence electrons. The summed E-state index contributed by atoms with van der Waals surface area (Å²) in [6, 6.07) is 3.78. The van der Waals surface area contributed by atoms with Gasteiger partial charge in [-0.15, -0.1) is 0 Å². The number of nitriles is 1. The average molecular weight is 270 g/mol. The monoisotopic (exact) mass is 270 g/mol. The molecule has 0 unspecified atom stereocenters. The van der Waals surface area contributed by atoms with Crippen LogP contribution in [0, 0.1) is 25.2 Å². The van der Waals surface area contributed by atoms with Gasteiger partial charge in [0, 0.05) is 23.7 Å². The highest BCUT2D eigenvalue weighted by Crippen LogP contribution is 2.10. The minimum atomic E-state index is -0.312. The zero-order valence-corrected chi connectivity index (χ0v) is 11.5. The topological polar surface area (TPSA) is 80.8 Å². The Hall–Kier alpha value is -2.68. The summed E-state index contributed by atoms with van der Waals surface area (Å²) in [6.45, 7) is 3.99. The van der Waals surface area contributed by atoms with Crippen molar-refractivity contribution in [3.63, 3.8) is 0 Å². The van der Waals surface area contributed by atoms with Crippen LogP contribution in [-0.4, -0.2) is 21.6 Å². The van der Waals surface area contributed by atoms with Gasteiger partial charge in [-0.3, -0.25) is 4.79 Å². The predicted octanol–water partition coefficient (Wildman–Crippen LogP) is 1.18. The Kier molecular flexibility index (Phi) is 3.80. The third-order valence-corrected chi connectivity index (χ3v) is 2.93. The lowest BCUT2D eigenvalue weighted by molar-refractivity contribution is 0.378. The fraction of sp³-hybridized carbons (Fsp3) is 0.286. The maximum atomic E-state index is 12.1. The van der Waals surface area contributed by atoms with Gasteiger partial charge in [0.2, 0.25) is 0 Å². The Morgan fingerprint density at radius 2 is 2.20 bits per heavy atom. The van der Waals surface area contributed by atoms with Crippen molar-refractivity contribution in [3.05, 3.63) is 51.2 Å². The van der Waals surface area contributed by atoms with Crippen molar-refractivity contribution in [2.45, 2.75) is 20.4 Å². The van der Waals surface area contributed by atoms with Gasteiger partial charge in [0.25, 0.3) is 5.56 Å². The molecule has 0 N–H and O–H groups in total. The SMILES string of the molecule is COc1ncc(Cn2cc(C)cc(C#N)c2=O)c(C)n1. The van der Waals surface area contributed by atoms with E-state index < -0.39 is 0 Å². The first-order valence-electron chi connectivity index (χ1n) is 6.03. The van der Waals surface area contributed by atoms with Gasteiger partial charge in [0.1, 0.15) is 11.6 Å². The third-order valence-electron chi connectivity index (χ3n) is 2.93. The summed E-state index contributed by atoms with van der Waals surface area (Å²) in [5.74, 6) is 0. The highest BCUT2D eigenvalue weighted by Gasteiger charge is 2.08. The molecule has 0 saturated heterocycles. The summed E-state index contributed by atoms with van der Waals surface area (Å²) in [5.41, 5.74) is 2.23. The smallest absolute Gasteiger partial charge is 0.316 e. The van der Waals surface area contributed by atoms with Crippen LogP contribution < -0.4 is 10.3 Å². The highest BCUT2D eigenvalue weighted by molar-refractivity contribution is 5.30. The summed E-state index contributed by atoms with van der Waals surface area (Å²) >= 11 is 0. The van der Waals surface area contributed by atoms with Gasteiger partial charge in [0.05, 0.1) is 13.7 Å². The van der Waals surface area contributed by atoms with E-state index in [-0.39, 0.29) is 11.1 Å². The fourth-order valence-corrected chi connectivity index (χ4v) is 1.89. The maximum Gasteiger partial charge on any atom is 0.316 e. The molecule has 2 rings (SSSR count). The molecular formula is C14H14N4O2. The molecule has 0 atom stereocenters. The van der Waals surface area contributed by atoms with Crippen molar-refractivity contribution in [1.82, 2.24) is 14.5 Å². The lowest BCUT2D eigenvalue weighted by Crippen LogP contribution is -2.23. The van der Waals surface area contributed by atoms with Crippen LogP contribution in [0.2, 0.25) is 0 Å². The summed E-state index contributed by atoms with van der Waals surface area (Å²) < 4.78 is 6.44. The van der Waals surface area contributed by atoms with Crippen LogP contribution in [0.4, 0.5) is 0 Å². The normalized spacial score (nSPS) is 10.1. The molecule has 0 spiro atoms. The molecule has 0 bridgehead atoms. The van der Waals surface area contributed by atoms with Crippen LogP contribution in [-0.2, 0) is 6.54 Å². The lowest BCUT2D eigenvalue weighted by atomic mass is 10.2. The van der Waals surface area contributed by atoms with Crippen molar-refractivity contribution in [2.24, 2.45) is 0 Å². The molecule has 0 amide bonds. The highest BCUT2D eigenvalue weighted by atomic mass is 16.5. The number of aryl methyl sites for hydroxylation is 2. The molecule has 0 radical (unpaired) electrons. The Morgan fingerprint density at radius 3 is 2.80 bits per heavy atom. The zero-order valence-electron chi connectivity index (χ0n) is 11.5. The van der Waals surface area contributed by atoms with E-state index in [1.54, 1.807) is 18.5 Å². The van der Waals surface area contributed by atoms with Crippen LogP contribution in [0.15, 0.2) is 23.3 Å². The summed E-state index contributed by atoms with van der Waals surface area (Å²) in [5, 5.41) is 8.95. The van der Waals surface area contributed by atoms with Gasteiger partial charge < -0.3 is 9.30 Å². The van der Waals surface area contributed by atoms with Gasteiger partial charge in [-0.2, -0.15) is 5.26 Å². The molecule has 2 aromatic rings. The number of ether oxygens (including phenoxy) is 1. The second-order valence-electron chi connectivity index (χ2n) is 4.44. The first-order chi connectivity index (χ1) is 9.55. The first kappa shape index (κ1) is 13.7. The molecular weight excluding hydrogens is 256 g/mol. The predicted molar refractivity (Wildman–Crippen MR) is 72.6 cm³/mol. The van der Waals surface area contributed by atoms with E-state index >= 15 is 0 Å². The Labute approximate surface area is 116 Å². The van der Waals surface area contributed by atoms with Gasteiger partial charge >= 0.3 is 6.01 Å². The second kappa shape index (κ2) is 5.53. The minimum absolute atomic E-state index is 0.136. The van der Waals surface area contributed by atoms with Crippen molar-refractivity contribution in [1.29, 1.82) is 5.26 Å². The van der Waals surface area contributed by atoms with E-state index in [9.17, 15) is 4.79 Å². The van der Waals surface area contributed by atoms with E-state index in [0.717, 1.165) is 16.8 Å². The third kappa shape index (κ3) is 2.67. The number of aromatic nitrogens is 3. The Bertz CT molecular complexity index is 744. The van der Waals surface area contributed by atoms with E-state index in [1.807, 2.05) is 19.9 Å². The van der Waals surface area contributed by atoms with Crippen LogP contribution in [0.25, 0.3) is 0 Å². The largest absolute Gasteiger partial charge is 0.467 e. The molecule has 0 fully saturated rings. The average Bonchev–Trinajstić information content (AvgIpc) is 2.44. The van der Waals surface area contributed by atoms with E-state index in [2.05, 4.69) is 9.97 Å². The van der Waals surface area contributed by atoms with Gasteiger partial charge in [-0.25, -0.2) is 9.97 Å². The quantitative estimate of drug-likeness (QED) is 0.836. The van der Waals surface area contributed by atoms with Gasteiger partial charge in [-0.1, -0.05) is 0 Å². The number of hydrogen-bond acceptors (Lipinski definition) is 5. The number of pyridine rings is 1. The molecule has 0 aromatic carbocycles. The molecule has 0 aliphatic carbocycles. The molecule has 20 heavy (non-hydrogen) atoms. The van der Waals surface area contributed by atoms with Crippen LogP contribution >= 0.6 is 0 Å². The Balaban J connectivity index is 2.43. The second-order valence-corrected chi connectivity index (χ2v) is 4.44. The number of nitrogens with zero attached hydrogens (tertiary/aromatic N) is 4. The number of methoxy groups -OCH3 is 1. The van der Waals surface area contributed by atoms with E-state index in [4.69, 9.17) is 10.00 Å². The van der Waals surface area contributed by atoms with Crippen molar-refractivity contribution < 1.29 is 4.74 Å². The van der Waals surface area contributed by atoms with Gasteiger partial charge in [0.15, 0.2) is 0 Å². The minimum Gasteiger partial charge on any atom is -0.467 e. The molecule has 2 aromatic heterocycles. The fourth-order valence-electron chi connectivity index (χ4n) is 1.89. The van der Waals surface area contributed by atoms with Gasteiger partial charge in [-0.05, 0) is 25.5 Å². The standard InChI is InChI=1S/C14H14N4O2/c1-9-4-11(5-15)13(19)18(7-9)8-12-6-16-14(20-3)17-10(12)2/h4,6-7H,8H2,1-3H3. The number of rotatable bonds is 3. The molecule has 0 aliphatic rings. The summed E-state index contributed by atoms with van der Waals surface area (Å²) in [4.78, 5) is 20.3. The van der Waals surface area contributed by atoms with E-state index in [0.29, 0.717) is 12.6 Å².